The second-order valence-electron chi connectivity index (χ2n) is 6.54. The molecule has 0 atom stereocenters. The Morgan fingerprint density at radius 3 is 2.63 bits per heavy atom. The van der Waals surface area contributed by atoms with Crippen molar-refractivity contribution in [2.24, 2.45) is 5.14 Å². The molecule has 4 N–H and O–H groups in total. The molecular formula is C20H19N5O4S. The highest BCUT2D eigenvalue weighted by Gasteiger charge is 2.13. The van der Waals surface area contributed by atoms with Crippen LogP contribution in [-0.2, 0) is 16.6 Å². The zero-order valence-electron chi connectivity index (χ0n) is 16.0. The number of methoxy groups -OCH3 is 1. The molecule has 0 fully saturated rings. The van der Waals surface area contributed by atoms with E-state index in [9.17, 15) is 13.5 Å². The second kappa shape index (κ2) is 7.65. The quantitative estimate of drug-likeness (QED) is 0.432. The zero-order chi connectivity index (χ0) is 21.3. The molecule has 0 aliphatic carbocycles. The molecule has 0 aliphatic heterocycles. The Hall–Kier alpha value is -3.63. The lowest BCUT2D eigenvalue weighted by molar-refractivity contribution is 0.373. The number of sulfonamides is 1. The van der Waals surface area contributed by atoms with Crippen LogP contribution >= 0.6 is 0 Å². The molecular weight excluding hydrogens is 406 g/mol. The Morgan fingerprint density at radius 1 is 1.17 bits per heavy atom. The number of benzene rings is 2. The first kappa shape index (κ1) is 19.7. The van der Waals surface area contributed by atoms with Crippen LogP contribution in [0.3, 0.4) is 0 Å². The molecule has 2 aromatic carbocycles. The van der Waals surface area contributed by atoms with Gasteiger partial charge in [0.05, 0.1) is 23.9 Å². The summed E-state index contributed by atoms with van der Waals surface area (Å²) in [6, 6.07) is 11.4. The number of hydrogen-bond acceptors (Lipinski definition) is 7. The van der Waals surface area contributed by atoms with Crippen molar-refractivity contribution in [3.63, 3.8) is 0 Å². The average Bonchev–Trinajstić information content (AvgIpc) is 3.17. The van der Waals surface area contributed by atoms with Gasteiger partial charge < -0.3 is 15.2 Å². The summed E-state index contributed by atoms with van der Waals surface area (Å²) in [5.74, 6) is 1.01. The van der Waals surface area contributed by atoms with Gasteiger partial charge in [-0.3, -0.25) is 4.40 Å². The Kier molecular flexibility index (Phi) is 5.02. The molecule has 0 saturated heterocycles. The summed E-state index contributed by atoms with van der Waals surface area (Å²) in [6.07, 6.45) is 5.17. The number of imidazole rings is 1. The molecule has 154 valence electrons. The number of aromatic hydroxyl groups is 1. The van der Waals surface area contributed by atoms with Crippen LogP contribution < -0.4 is 15.2 Å². The molecule has 0 bridgehead atoms. The van der Waals surface area contributed by atoms with Gasteiger partial charge in [-0.2, -0.15) is 0 Å². The summed E-state index contributed by atoms with van der Waals surface area (Å²) in [5.41, 5.74) is 3.13. The predicted molar refractivity (Wildman–Crippen MR) is 112 cm³/mol. The maximum Gasteiger partial charge on any atom is 0.238 e. The summed E-state index contributed by atoms with van der Waals surface area (Å²) < 4.78 is 29.8. The molecule has 10 heteroatoms. The standard InChI is InChI=1S/C20H19N5O4S/c1-29-18-10-14(4-7-17(18)26)16-12-24-20-19(22-8-9-25(16)20)23-11-13-2-5-15(6-3-13)30(21,27)28/h2-10,12,26H,11H2,1H3,(H,22,23)(H2,21,27,28). The van der Waals surface area contributed by atoms with Crippen LogP contribution in [0.5, 0.6) is 11.5 Å². The van der Waals surface area contributed by atoms with E-state index in [1.807, 2.05) is 4.40 Å². The molecule has 0 spiro atoms. The van der Waals surface area contributed by atoms with E-state index >= 15 is 0 Å². The van der Waals surface area contributed by atoms with Gasteiger partial charge in [-0.1, -0.05) is 12.1 Å². The van der Waals surface area contributed by atoms with Crippen LogP contribution in [0.4, 0.5) is 5.82 Å². The highest BCUT2D eigenvalue weighted by molar-refractivity contribution is 7.89. The molecule has 0 aliphatic rings. The Morgan fingerprint density at radius 2 is 1.93 bits per heavy atom. The van der Waals surface area contributed by atoms with Crippen molar-refractivity contribution in [1.29, 1.82) is 0 Å². The van der Waals surface area contributed by atoms with Gasteiger partial charge >= 0.3 is 0 Å². The largest absolute Gasteiger partial charge is 0.504 e. The lowest BCUT2D eigenvalue weighted by Gasteiger charge is -2.09. The molecule has 9 nitrogen and oxygen atoms in total. The fraction of sp³-hybridized carbons (Fsp3) is 0.100. The normalized spacial score (nSPS) is 11.5. The minimum absolute atomic E-state index is 0.0625. The van der Waals surface area contributed by atoms with E-state index in [-0.39, 0.29) is 10.6 Å². The molecule has 2 heterocycles. The van der Waals surface area contributed by atoms with Gasteiger partial charge in [0.2, 0.25) is 10.0 Å². The third-order valence-corrected chi connectivity index (χ3v) is 5.54. The summed E-state index contributed by atoms with van der Waals surface area (Å²) in [4.78, 5) is 8.89. The van der Waals surface area contributed by atoms with Gasteiger partial charge in [0.25, 0.3) is 0 Å². The molecule has 30 heavy (non-hydrogen) atoms. The first-order chi connectivity index (χ1) is 14.4. The highest BCUT2D eigenvalue weighted by atomic mass is 32.2. The summed E-state index contributed by atoms with van der Waals surface area (Å²) in [7, 11) is -2.22. The summed E-state index contributed by atoms with van der Waals surface area (Å²) in [6.45, 7) is 0.423. The van der Waals surface area contributed by atoms with Gasteiger partial charge in [-0.25, -0.2) is 23.5 Å². The van der Waals surface area contributed by atoms with E-state index in [1.165, 1.54) is 19.2 Å². The molecule has 0 amide bonds. The first-order valence-electron chi connectivity index (χ1n) is 8.92. The van der Waals surface area contributed by atoms with Crippen molar-refractivity contribution in [3.8, 4) is 22.8 Å². The maximum absolute atomic E-state index is 11.4. The number of nitrogens with one attached hydrogen (secondary N) is 1. The van der Waals surface area contributed by atoms with Gasteiger partial charge in [0.1, 0.15) is 0 Å². The minimum atomic E-state index is -3.72. The van der Waals surface area contributed by atoms with E-state index in [1.54, 1.807) is 48.9 Å². The fourth-order valence-corrected chi connectivity index (χ4v) is 3.59. The third-order valence-electron chi connectivity index (χ3n) is 4.62. The zero-order valence-corrected chi connectivity index (χ0v) is 16.8. The second-order valence-corrected chi connectivity index (χ2v) is 8.10. The van der Waals surface area contributed by atoms with E-state index in [4.69, 9.17) is 9.88 Å². The molecule has 2 aromatic heterocycles. The number of primary sulfonamides is 1. The molecule has 4 rings (SSSR count). The number of aromatic nitrogens is 3. The minimum Gasteiger partial charge on any atom is -0.504 e. The summed E-state index contributed by atoms with van der Waals surface area (Å²) >= 11 is 0. The smallest absolute Gasteiger partial charge is 0.238 e. The Balaban J connectivity index is 1.61. The molecule has 4 aromatic rings. The lowest BCUT2D eigenvalue weighted by atomic mass is 10.1. The number of phenols is 1. The SMILES string of the molecule is COc1cc(-c2cnc3c(NCc4ccc(S(N)(=O)=O)cc4)nccn23)ccc1O. The van der Waals surface area contributed by atoms with Crippen molar-refractivity contribution in [1.82, 2.24) is 14.4 Å². The van der Waals surface area contributed by atoms with Crippen molar-refractivity contribution < 1.29 is 18.3 Å². The number of nitrogens with two attached hydrogens (primary N) is 1. The van der Waals surface area contributed by atoms with Crippen LogP contribution in [0.2, 0.25) is 0 Å². The predicted octanol–water partition coefficient (Wildman–Crippen LogP) is 2.37. The van der Waals surface area contributed by atoms with Crippen LogP contribution in [0, 0.1) is 0 Å². The molecule has 0 radical (unpaired) electrons. The maximum atomic E-state index is 11.4. The van der Waals surface area contributed by atoms with Crippen molar-refractivity contribution in [2.75, 3.05) is 12.4 Å². The summed E-state index contributed by atoms with van der Waals surface area (Å²) in [5, 5.41) is 18.2. The number of anilines is 1. The average molecular weight is 425 g/mol. The Labute approximate surface area is 172 Å². The van der Waals surface area contributed by atoms with E-state index in [2.05, 4.69) is 15.3 Å². The van der Waals surface area contributed by atoms with E-state index in [0.29, 0.717) is 23.8 Å². The van der Waals surface area contributed by atoms with Crippen LogP contribution in [0.25, 0.3) is 16.9 Å². The molecule has 0 unspecified atom stereocenters. The third kappa shape index (κ3) is 3.78. The van der Waals surface area contributed by atoms with Crippen molar-refractivity contribution in [2.45, 2.75) is 11.4 Å². The lowest BCUT2D eigenvalue weighted by Crippen LogP contribution is -2.12. The van der Waals surface area contributed by atoms with Crippen molar-refractivity contribution >= 4 is 21.5 Å². The topological polar surface area (TPSA) is 132 Å². The fourth-order valence-electron chi connectivity index (χ4n) is 3.08. The Bertz CT molecular complexity index is 1320. The van der Waals surface area contributed by atoms with Crippen LogP contribution in [-0.4, -0.2) is 35.0 Å². The number of fused-ring (bicyclic) bond motifs is 1. The van der Waals surface area contributed by atoms with Gasteiger partial charge in [0, 0.05) is 24.5 Å². The number of hydrogen-bond donors (Lipinski definition) is 3. The van der Waals surface area contributed by atoms with E-state index < -0.39 is 10.0 Å². The number of ether oxygens (including phenoxy) is 1. The van der Waals surface area contributed by atoms with Gasteiger partial charge in [-0.05, 0) is 35.9 Å². The van der Waals surface area contributed by atoms with Gasteiger partial charge in [0.15, 0.2) is 23.0 Å². The van der Waals surface area contributed by atoms with Crippen LogP contribution in [0.1, 0.15) is 5.56 Å². The van der Waals surface area contributed by atoms with E-state index in [0.717, 1.165) is 16.8 Å². The monoisotopic (exact) mass is 425 g/mol. The van der Waals surface area contributed by atoms with Crippen molar-refractivity contribution in [3.05, 3.63) is 66.6 Å². The molecule has 0 saturated carbocycles. The highest BCUT2D eigenvalue weighted by Crippen LogP contribution is 2.32. The number of rotatable bonds is 6. The van der Waals surface area contributed by atoms with Gasteiger partial charge in [-0.15, -0.1) is 0 Å². The van der Waals surface area contributed by atoms with Crippen LogP contribution in [0.15, 0.2) is 66.0 Å². The number of phenolic OH excluding ortho intramolecular Hbond substituents is 1. The first-order valence-corrected chi connectivity index (χ1v) is 10.5. The number of nitrogens with zero attached hydrogens (tertiary/aromatic N) is 3.